The molecule has 3 rings (SSSR count). The summed E-state index contributed by atoms with van der Waals surface area (Å²) in [4.78, 5) is 19.1. The molecule has 0 saturated carbocycles. The van der Waals surface area contributed by atoms with E-state index in [2.05, 4.69) is 53.4 Å². The molecule has 1 amide bonds. The summed E-state index contributed by atoms with van der Waals surface area (Å²) >= 11 is 0. The van der Waals surface area contributed by atoms with Gasteiger partial charge in [-0.2, -0.15) is 10.1 Å². The van der Waals surface area contributed by atoms with Crippen LogP contribution in [-0.2, 0) is 10.2 Å². The standard InChI is InChI=1S/C18H24N6O/c1-18(2,3)14-4-6-15(7-5-14)20-16-12-19-22-17(21-16)24-10-8-23(13-25)9-11-24/h4-7,12-13H,8-11H2,1-3H3,(H,20,21,22). The van der Waals surface area contributed by atoms with Gasteiger partial charge in [0.1, 0.15) is 0 Å². The van der Waals surface area contributed by atoms with E-state index in [1.165, 1.54) is 5.56 Å². The van der Waals surface area contributed by atoms with Crippen LogP contribution in [0.25, 0.3) is 0 Å². The van der Waals surface area contributed by atoms with Crippen molar-refractivity contribution >= 4 is 23.9 Å². The number of hydrogen-bond donors (Lipinski definition) is 1. The van der Waals surface area contributed by atoms with Crippen LogP contribution in [0.2, 0.25) is 0 Å². The summed E-state index contributed by atoms with van der Waals surface area (Å²) in [6.07, 6.45) is 2.50. The molecule has 1 saturated heterocycles. The molecule has 0 spiro atoms. The molecule has 1 N–H and O–H groups in total. The van der Waals surface area contributed by atoms with E-state index in [1.807, 2.05) is 17.0 Å². The van der Waals surface area contributed by atoms with Crippen LogP contribution >= 0.6 is 0 Å². The van der Waals surface area contributed by atoms with Gasteiger partial charge in [-0.1, -0.05) is 32.9 Å². The first-order chi connectivity index (χ1) is 12.0. The van der Waals surface area contributed by atoms with Crippen LogP contribution in [0.1, 0.15) is 26.3 Å². The van der Waals surface area contributed by atoms with Crippen LogP contribution in [0.15, 0.2) is 30.5 Å². The zero-order valence-electron chi connectivity index (χ0n) is 14.9. The average Bonchev–Trinajstić information content (AvgIpc) is 2.62. The maximum Gasteiger partial charge on any atom is 0.247 e. The molecular weight excluding hydrogens is 316 g/mol. The van der Waals surface area contributed by atoms with Crippen LogP contribution in [0, 0.1) is 0 Å². The van der Waals surface area contributed by atoms with Crippen LogP contribution in [0.5, 0.6) is 0 Å². The van der Waals surface area contributed by atoms with E-state index >= 15 is 0 Å². The molecule has 2 aromatic rings. The molecule has 25 heavy (non-hydrogen) atoms. The van der Waals surface area contributed by atoms with Crippen molar-refractivity contribution in [3.05, 3.63) is 36.0 Å². The maximum atomic E-state index is 10.8. The summed E-state index contributed by atoms with van der Waals surface area (Å²) in [7, 11) is 0. The summed E-state index contributed by atoms with van der Waals surface area (Å²) in [6.45, 7) is 9.37. The quantitative estimate of drug-likeness (QED) is 0.860. The number of carbonyl (C=O) groups is 1. The molecule has 0 aliphatic carbocycles. The Morgan fingerprint density at radius 2 is 1.76 bits per heavy atom. The van der Waals surface area contributed by atoms with E-state index in [1.54, 1.807) is 11.1 Å². The number of carbonyl (C=O) groups excluding carboxylic acids is 1. The first-order valence-corrected chi connectivity index (χ1v) is 8.47. The normalized spacial score (nSPS) is 15.2. The molecule has 7 nitrogen and oxygen atoms in total. The Hall–Kier alpha value is -2.70. The van der Waals surface area contributed by atoms with Crippen molar-refractivity contribution in [2.75, 3.05) is 36.4 Å². The minimum absolute atomic E-state index is 0.131. The minimum Gasteiger partial charge on any atom is -0.342 e. The average molecular weight is 340 g/mol. The van der Waals surface area contributed by atoms with Crippen LogP contribution < -0.4 is 10.2 Å². The number of aromatic nitrogens is 3. The van der Waals surface area contributed by atoms with Crippen molar-refractivity contribution in [1.29, 1.82) is 0 Å². The highest BCUT2D eigenvalue weighted by molar-refractivity contribution is 5.57. The lowest BCUT2D eigenvalue weighted by atomic mass is 9.87. The van der Waals surface area contributed by atoms with E-state index < -0.39 is 0 Å². The summed E-state index contributed by atoms with van der Waals surface area (Å²) < 4.78 is 0. The largest absolute Gasteiger partial charge is 0.342 e. The smallest absolute Gasteiger partial charge is 0.247 e. The highest BCUT2D eigenvalue weighted by Crippen LogP contribution is 2.24. The molecule has 7 heteroatoms. The second-order valence-corrected chi connectivity index (χ2v) is 7.22. The van der Waals surface area contributed by atoms with Gasteiger partial charge in [0.05, 0.1) is 6.20 Å². The van der Waals surface area contributed by atoms with Gasteiger partial charge in [-0.25, -0.2) is 0 Å². The van der Waals surface area contributed by atoms with Gasteiger partial charge in [-0.05, 0) is 23.1 Å². The number of amides is 1. The molecule has 0 atom stereocenters. The van der Waals surface area contributed by atoms with E-state index in [0.29, 0.717) is 37.9 Å². The number of nitrogens with one attached hydrogen (secondary N) is 1. The van der Waals surface area contributed by atoms with Crippen LogP contribution in [0.3, 0.4) is 0 Å². The third-order valence-electron chi connectivity index (χ3n) is 4.32. The van der Waals surface area contributed by atoms with Gasteiger partial charge in [-0.3, -0.25) is 4.79 Å². The molecule has 1 aromatic carbocycles. The number of anilines is 3. The van der Waals surface area contributed by atoms with E-state index in [9.17, 15) is 4.79 Å². The summed E-state index contributed by atoms with van der Waals surface area (Å²) in [6, 6.07) is 8.34. The lowest BCUT2D eigenvalue weighted by Crippen LogP contribution is -2.46. The van der Waals surface area contributed by atoms with E-state index in [4.69, 9.17) is 0 Å². The van der Waals surface area contributed by atoms with E-state index in [-0.39, 0.29) is 5.41 Å². The van der Waals surface area contributed by atoms with Crippen LogP contribution in [0.4, 0.5) is 17.5 Å². The fraction of sp³-hybridized carbons (Fsp3) is 0.444. The van der Waals surface area contributed by atoms with Crippen molar-refractivity contribution in [2.45, 2.75) is 26.2 Å². The predicted molar refractivity (Wildman–Crippen MR) is 98.1 cm³/mol. The molecule has 0 unspecified atom stereocenters. The van der Waals surface area contributed by atoms with Gasteiger partial charge in [0.15, 0.2) is 5.82 Å². The van der Waals surface area contributed by atoms with Crippen LogP contribution in [-0.4, -0.2) is 52.7 Å². The van der Waals surface area contributed by atoms with Crippen molar-refractivity contribution < 1.29 is 4.79 Å². The number of piperazine rings is 1. The second kappa shape index (κ2) is 7.04. The van der Waals surface area contributed by atoms with Crippen molar-refractivity contribution in [1.82, 2.24) is 20.1 Å². The first kappa shape index (κ1) is 17.1. The van der Waals surface area contributed by atoms with Gasteiger partial charge in [0, 0.05) is 31.9 Å². The zero-order chi connectivity index (χ0) is 17.9. The lowest BCUT2D eigenvalue weighted by Gasteiger charge is -2.32. The molecule has 1 fully saturated rings. The minimum atomic E-state index is 0.131. The Bertz CT molecular complexity index is 717. The summed E-state index contributed by atoms with van der Waals surface area (Å²) in [5.74, 6) is 1.24. The number of hydrogen-bond acceptors (Lipinski definition) is 6. The maximum absolute atomic E-state index is 10.8. The molecule has 0 radical (unpaired) electrons. The Morgan fingerprint density at radius 3 is 2.36 bits per heavy atom. The lowest BCUT2D eigenvalue weighted by molar-refractivity contribution is -0.118. The molecule has 1 aliphatic rings. The Kier molecular flexibility index (Phi) is 4.83. The summed E-state index contributed by atoms with van der Waals surface area (Å²) in [5.41, 5.74) is 2.38. The monoisotopic (exact) mass is 340 g/mol. The number of nitrogens with zero attached hydrogens (tertiary/aromatic N) is 5. The van der Waals surface area contributed by atoms with Gasteiger partial charge in [0.25, 0.3) is 0 Å². The SMILES string of the molecule is CC(C)(C)c1ccc(Nc2cnnc(N3CCN(C=O)CC3)n2)cc1. The van der Waals surface area contributed by atoms with Gasteiger partial charge < -0.3 is 15.1 Å². The van der Waals surface area contributed by atoms with Crippen molar-refractivity contribution in [3.8, 4) is 0 Å². The number of rotatable bonds is 4. The number of benzene rings is 1. The van der Waals surface area contributed by atoms with Gasteiger partial charge >= 0.3 is 0 Å². The highest BCUT2D eigenvalue weighted by Gasteiger charge is 2.18. The fourth-order valence-electron chi connectivity index (χ4n) is 2.72. The fourth-order valence-corrected chi connectivity index (χ4v) is 2.72. The molecule has 2 heterocycles. The van der Waals surface area contributed by atoms with E-state index in [0.717, 1.165) is 12.1 Å². The second-order valence-electron chi connectivity index (χ2n) is 7.22. The van der Waals surface area contributed by atoms with Gasteiger partial charge in [-0.15, -0.1) is 5.10 Å². The Labute approximate surface area is 148 Å². The first-order valence-electron chi connectivity index (χ1n) is 8.47. The molecule has 132 valence electrons. The third kappa shape index (κ3) is 4.23. The highest BCUT2D eigenvalue weighted by atomic mass is 16.1. The Morgan fingerprint density at radius 1 is 1.08 bits per heavy atom. The summed E-state index contributed by atoms with van der Waals surface area (Å²) in [5, 5.41) is 11.4. The molecule has 1 aromatic heterocycles. The third-order valence-corrected chi connectivity index (χ3v) is 4.32. The molecule has 1 aliphatic heterocycles. The Balaban J connectivity index is 1.69. The van der Waals surface area contributed by atoms with Crippen molar-refractivity contribution in [2.24, 2.45) is 0 Å². The molecule has 0 bridgehead atoms. The topological polar surface area (TPSA) is 74.2 Å². The predicted octanol–water partition coefficient (Wildman–Crippen LogP) is 2.19. The zero-order valence-corrected chi connectivity index (χ0v) is 14.9. The van der Waals surface area contributed by atoms with Crippen molar-refractivity contribution in [3.63, 3.8) is 0 Å². The van der Waals surface area contributed by atoms with Gasteiger partial charge in [0.2, 0.25) is 12.4 Å². The molecular formula is C18H24N6O.